The molecule has 1 rings (SSSR count). The minimum atomic E-state index is -0.673. The zero-order valence-corrected chi connectivity index (χ0v) is 12.8. The Morgan fingerprint density at radius 1 is 1.15 bits per heavy atom. The summed E-state index contributed by atoms with van der Waals surface area (Å²) < 4.78 is 4.80. The third kappa shape index (κ3) is 5.32. The van der Waals surface area contributed by atoms with Gasteiger partial charge in [0.05, 0.1) is 7.11 Å². The molecule has 0 fully saturated rings. The summed E-state index contributed by atoms with van der Waals surface area (Å²) in [5, 5.41) is 0. The van der Waals surface area contributed by atoms with Gasteiger partial charge in [0.15, 0.2) is 0 Å². The van der Waals surface area contributed by atoms with Gasteiger partial charge in [-0.1, -0.05) is 38.2 Å². The number of esters is 1. The van der Waals surface area contributed by atoms with Crippen molar-refractivity contribution in [3.05, 3.63) is 24.3 Å². The number of allylic oxidation sites excluding steroid dienone is 4. The van der Waals surface area contributed by atoms with E-state index in [-0.39, 0.29) is 17.6 Å². The van der Waals surface area contributed by atoms with Gasteiger partial charge in [0, 0.05) is 6.42 Å². The van der Waals surface area contributed by atoms with Crippen LogP contribution in [0.15, 0.2) is 24.3 Å². The lowest BCUT2D eigenvalue weighted by Gasteiger charge is -2.19. The predicted molar refractivity (Wildman–Crippen MR) is 80.2 cm³/mol. The molecular weight excluding hydrogens is 252 g/mol. The Kier molecular flexibility index (Phi) is 7.27. The van der Waals surface area contributed by atoms with Gasteiger partial charge in [0.25, 0.3) is 0 Å². The summed E-state index contributed by atoms with van der Waals surface area (Å²) in [7, 11) is 1.34. The second kappa shape index (κ2) is 8.72. The Hall–Kier alpha value is -1.38. The van der Waals surface area contributed by atoms with Crippen molar-refractivity contribution in [2.75, 3.05) is 7.11 Å². The van der Waals surface area contributed by atoms with E-state index in [1.807, 2.05) is 19.9 Å². The first-order valence-corrected chi connectivity index (χ1v) is 7.50. The first-order chi connectivity index (χ1) is 9.56. The third-order valence-corrected chi connectivity index (χ3v) is 3.75. The van der Waals surface area contributed by atoms with E-state index in [4.69, 9.17) is 4.74 Å². The number of carbonyl (C=O) groups excluding carboxylic acids is 2. The van der Waals surface area contributed by atoms with Crippen LogP contribution in [-0.2, 0) is 14.3 Å². The van der Waals surface area contributed by atoms with Crippen molar-refractivity contribution in [3.8, 4) is 0 Å². The molecule has 0 bridgehead atoms. The summed E-state index contributed by atoms with van der Waals surface area (Å²) in [6.07, 6.45) is 13.1. The summed E-state index contributed by atoms with van der Waals surface area (Å²) in [5.74, 6) is -1.05. The quantitative estimate of drug-likeness (QED) is 0.417. The Morgan fingerprint density at radius 3 is 2.35 bits per heavy atom. The number of carbonyl (C=O) groups is 2. The topological polar surface area (TPSA) is 43.4 Å². The highest BCUT2D eigenvalue weighted by Gasteiger charge is 2.31. The second-order valence-electron chi connectivity index (χ2n) is 5.65. The molecule has 20 heavy (non-hydrogen) atoms. The lowest BCUT2D eigenvalue weighted by molar-refractivity contribution is -0.150. The van der Waals surface area contributed by atoms with Crippen molar-refractivity contribution in [1.82, 2.24) is 0 Å². The summed E-state index contributed by atoms with van der Waals surface area (Å²) in [5.41, 5.74) is 0. The molecule has 0 aliphatic heterocycles. The molecule has 3 atom stereocenters. The number of rotatable bonds is 1. The zero-order valence-electron chi connectivity index (χ0n) is 12.8. The number of ether oxygens (including phenoxy) is 1. The molecule has 1 aliphatic rings. The minimum Gasteiger partial charge on any atom is -0.468 e. The van der Waals surface area contributed by atoms with Gasteiger partial charge >= 0.3 is 5.97 Å². The standard InChI is InChI=1S/C17H26O3/c1-13-10-8-6-4-5-7-9-11-14(2)16(15(18)12-13)17(19)20-3/h8-11,13-14,16H,4-7,12H2,1-3H3/b10-8+,11-9+. The summed E-state index contributed by atoms with van der Waals surface area (Å²) >= 11 is 0. The second-order valence-corrected chi connectivity index (χ2v) is 5.65. The largest absolute Gasteiger partial charge is 0.468 e. The van der Waals surface area contributed by atoms with Gasteiger partial charge in [-0.15, -0.1) is 0 Å². The maximum Gasteiger partial charge on any atom is 0.316 e. The predicted octanol–water partition coefficient (Wildman–Crippen LogP) is 3.69. The lowest BCUT2D eigenvalue weighted by atomic mass is 9.85. The first-order valence-electron chi connectivity index (χ1n) is 7.50. The molecule has 3 nitrogen and oxygen atoms in total. The maximum atomic E-state index is 12.4. The van der Waals surface area contributed by atoms with Crippen LogP contribution >= 0.6 is 0 Å². The van der Waals surface area contributed by atoms with Crippen LogP contribution in [0.25, 0.3) is 0 Å². The minimum absolute atomic E-state index is 0.0228. The fraction of sp³-hybridized carbons (Fsp3) is 0.647. The Bertz CT molecular complexity index is 382. The van der Waals surface area contributed by atoms with Crippen LogP contribution in [-0.4, -0.2) is 18.9 Å². The van der Waals surface area contributed by atoms with Crippen molar-refractivity contribution >= 4 is 11.8 Å². The molecule has 0 aromatic heterocycles. The van der Waals surface area contributed by atoms with Crippen molar-refractivity contribution in [2.45, 2.75) is 46.0 Å². The van der Waals surface area contributed by atoms with Crippen LogP contribution in [0.5, 0.6) is 0 Å². The summed E-state index contributed by atoms with van der Waals surface area (Å²) in [4.78, 5) is 24.3. The third-order valence-electron chi connectivity index (χ3n) is 3.75. The molecular formula is C17H26O3. The van der Waals surface area contributed by atoms with Gasteiger partial charge in [-0.25, -0.2) is 0 Å². The summed E-state index contributed by atoms with van der Waals surface area (Å²) in [6.45, 7) is 3.93. The molecule has 3 unspecified atom stereocenters. The van der Waals surface area contributed by atoms with Gasteiger partial charge in [0.2, 0.25) is 0 Å². The highest BCUT2D eigenvalue weighted by atomic mass is 16.5. The van der Waals surface area contributed by atoms with Crippen LogP contribution < -0.4 is 0 Å². The molecule has 0 saturated heterocycles. The van der Waals surface area contributed by atoms with Crippen LogP contribution in [0.3, 0.4) is 0 Å². The van der Waals surface area contributed by atoms with E-state index in [1.54, 1.807) is 0 Å². The number of hydrogen-bond acceptors (Lipinski definition) is 3. The van der Waals surface area contributed by atoms with Crippen LogP contribution in [0, 0.1) is 17.8 Å². The molecule has 112 valence electrons. The fourth-order valence-electron chi connectivity index (χ4n) is 2.55. The van der Waals surface area contributed by atoms with E-state index in [0.717, 1.165) is 25.7 Å². The highest BCUT2D eigenvalue weighted by molar-refractivity contribution is 5.99. The van der Waals surface area contributed by atoms with Crippen molar-refractivity contribution in [2.24, 2.45) is 17.8 Å². The van der Waals surface area contributed by atoms with Crippen LogP contribution in [0.2, 0.25) is 0 Å². The van der Waals surface area contributed by atoms with E-state index in [0.29, 0.717) is 6.42 Å². The van der Waals surface area contributed by atoms with Gasteiger partial charge in [-0.05, 0) is 37.5 Å². The van der Waals surface area contributed by atoms with Crippen molar-refractivity contribution in [1.29, 1.82) is 0 Å². The molecule has 0 amide bonds. The average molecular weight is 278 g/mol. The highest BCUT2D eigenvalue weighted by Crippen LogP contribution is 2.21. The van der Waals surface area contributed by atoms with E-state index in [1.165, 1.54) is 7.11 Å². The molecule has 0 N–H and O–H groups in total. The number of Topliss-reactive ketones (excluding diaryl/α,β-unsaturated/α-hetero) is 1. The Labute approximate surface area is 122 Å². The van der Waals surface area contributed by atoms with E-state index in [2.05, 4.69) is 18.2 Å². The molecule has 0 saturated carbocycles. The van der Waals surface area contributed by atoms with Crippen molar-refractivity contribution < 1.29 is 14.3 Å². The van der Waals surface area contributed by atoms with Crippen molar-refractivity contribution in [3.63, 3.8) is 0 Å². The zero-order chi connectivity index (χ0) is 15.0. The van der Waals surface area contributed by atoms with E-state index in [9.17, 15) is 9.59 Å². The molecule has 0 heterocycles. The van der Waals surface area contributed by atoms with Gasteiger partial charge in [0.1, 0.15) is 11.7 Å². The van der Waals surface area contributed by atoms with Gasteiger partial charge < -0.3 is 4.74 Å². The smallest absolute Gasteiger partial charge is 0.316 e. The van der Waals surface area contributed by atoms with E-state index >= 15 is 0 Å². The average Bonchev–Trinajstić information content (AvgIpc) is 2.41. The van der Waals surface area contributed by atoms with Gasteiger partial charge in [-0.3, -0.25) is 9.59 Å². The first kappa shape index (κ1) is 16.7. The molecule has 3 heteroatoms. The molecule has 1 aliphatic carbocycles. The molecule has 0 radical (unpaired) electrons. The van der Waals surface area contributed by atoms with Gasteiger partial charge in [-0.2, -0.15) is 0 Å². The van der Waals surface area contributed by atoms with E-state index < -0.39 is 11.9 Å². The van der Waals surface area contributed by atoms with Crippen LogP contribution in [0.1, 0.15) is 46.0 Å². The normalized spacial score (nSPS) is 32.4. The monoisotopic (exact) mass is 278 g/mol. The number of ketones is 1. The SMILES string of the molecule is COC(=O)C1C(=O)CC(C)/C=C/CCCC/C=C/C1C. The fourth-order valence-corrected chi connectivity index (χ4v) is 2.55. The summed E-state index contributed by atoms with van der Waals surface area (Å²) in [6, 6.07) is 0. The Morgan fingerprint density at radius 2 is 1.75 bits per heavy atom. The molecule has 0 aromatic carbocycles. The maximum absolute atomic E-state index is 12.4. The molecule has 0 aromatic rings. The van der Waals surface area contributed by atoms with Crippen LogP contribution in [0.4, 0.5) is 0 Å². The Balaban J connectivity index is 2.90. The molecule has 0 spiro atoms. The number of methoxy groups -OCH3 is 1. The lowest BCUT2D eigenvalue weighted by Crippen LogP contribution is -2.31. The number of hydrogen-bond donors (Lipinski definition) is 0.